The maximum atomic E-state index is 12.4. The Kier molecular flexibility index (Phi) is 5.74. The SMILES string of the molecule is COC1CCC2CC(CCNC(=O)c3cccc(C)c3)C(=O)NC2C1. The van der Waals surface area contributed by atoms with Gasteiger partial charge in [0, 0.05) is 31.2 Å². The van der Waals surface area contributed by atoms with Crippen LogP contribution >= 0.6 is 0 Å². The molecule has 4 atom stereocenters. The predicted molar refractivity (Wildman–Crippen MR) is 96.3 cm³/mol. The third-order valence-corrected chi connectivity index (χ3v) is 5.62. The normalized spacial score (nSPS) is 28.8. The minimum atomic E-state index is -0.0709. The van der Waals surface area contributed by atoms with Crippen LogP contribution in [-0.4, -0.2) is 37.6 Å². The fourth-order valence-corrected chi connectivity index (χ4v) is 4.14. The number of nitrogens with one attached hydrogen (secondary N) is 2. The van der Waals surface area contributed by atoms with E-state index >= 15 is 0 Å². The summed E-state index contributed by atoms with van der Waals surface area (Å²) in [4.78, 5) is 24.6. The Morgan fingerprint density at radius 1 is 1.32 bits per heavy atom. The molecule has 2 amide bonds. The molecule has 0 aromatic heterocycles. The first kappa shape index (κ1) is 17.9. The monoisotopic (exact) mass is 344 g/mol. The molecule has 25 heavy (non-hydrogen) atoms. The van der Waals surface area contributed by atoms with Crippen LogP contribution in [0, 0.1) is 18.8 Å². The Hall–Kier alpha value is -1.88. The van der Waals surface area contributed by atoms with E-state index in [-0.39, 0.29) is 29.9 Å². The number of piperidine rings is 1. The predicted octanol–water partition coefficient (Wildman–Crippen LogP) is 2.43. The van der Waals surface area contributed by atoms with Gasteiger partial charge in [0.1, 0.15) is 0 Å². The van der Waals surface area contributed by atoms with Crippen LogP contribution in [0.4, 0.5) is 0 Å². The highest BCUT2D eigenvalue weighted by Gasteiger charge is 2.39. The van der Waals surface area contributed by atoms with Gasteiger partial charge >= 0.3 is 0 Å². The minimum absolute atomic E-state index is 0.00171. The molecule has 1 aliphatic heterocycles. The number of ether oxygens (including phenoxy) is 1. The lowest BCUT2D eigenvalue weighted by molar-refractivity contribution is -0.131. The van der Waals surface area contributed by atoms with Crippen molar-refractivity contribution in [1.29, 1.82) is 0 Å². The largest absolute Gasteiger partial charge is 0.381 e. The molecule has 5 heteroatoms. The number of carbonyl (C=O) groups excluding carboxylic acids is 2. The first-order valence-corrected chi connectivity index (χ1v) is 9.25. The number of rotatable bonds is 5. The zero-order valence-electron chi connectivity index (χ0n) is 15.1. The minimum Gasteiger partial charge on any atom is -0.381 e. The van der Waals surface area contributed by atoms with E-state index in [1.165, 1.54) is 0 Å². The number of methoxy groups -OCH3 is 1. The molecule has 1 saturated heterocycles. The van der Waals surface area contributed by atoms with Gasteiger partial charge in [-0.15, -0.1) is 0 Å². The molecule has 5 nitrogen and oxygen atoms in total. The molecule has 3 rings (SSSR count). The summed E-state index contributed by atoms with van der Waals surface area (Å²) >= 11 is 0. The van der Waals surface area contributed by atoms with Crippen molar-refractivity contribution in [1.82, 2.24) is 10.6 Å². The third kappa shape index (κ3) is 4.40. The van der Waals surface area contributed by atoms with Crippen LogP contribution < -0.4 is 10.6 Å². The number of benzene rings is 1. The number of carbonyl (C=O) groups is 2. The summed E-state index contributed by atoms with van der Waals surface area (Å²) in [6, 6.07) is 7.80. The standard InChI is InChI=1S/C20H28N2O3/c1-13-4-3-5-15(10-13)19(23)21-9-8-16-11-14-6-7-17(25-2)12-18(14)22-20(16)24/h3-5,10,14,16-18H,6-9,11-12H2,1-2H3,(H,21,23)(H,22,24). The summed E-state index contributed by atoms with van der Waals surface area (Å²) in [5.41, 5.74) is 1.74. The number of hydrogen-bond donors (Lipinski definition) is 2. The molecule has 1 heterocycles. The van der Waals surface area contributed by atoms with E-state index < -0.39 is 0 Å². The molecule has 1 aliphatic carbocycles. The summed E-state index contributed by atoms with van der Waals surface area (Å²) in [5, 5.41) is 6.12. The molecule has 4 unspecified atom stereocenters. The highest BCUT2D eigenvalue weighted by atomic mass is 16.5. The lowest BCUT2D eigenvalue weighted by atomic mass is 9.74. The van der Waals surface area contributed by atoms with Crippen LogP contribution in [-0.2, 0) is 9.53 Å². The van der Waals surface area contributed by atoms with Crippen molar-refractivity contribution in [2.24, 2.45) is 11.8 Å². The van der Waals surface area contributed by atoms with Gasteiger partial charge < -0.3 is 15.4 Å². The van der Waals surface area contributed by atoms with Crippen LogP contribution in [0.2, 0.25) is 0 Å². The smallest absolute Gasteiger partial charge is 0.251 e. The second-order valence-electron chi connectivity index (χ2n) is 7.39. The van der Waals surface area contributed by atoms with Crippen molar-refractivity contribution in [3.8, 4) is 0 Å². The van der Waals surface area contributed by atoms with Gasteiger partial charge in [0.25, 0.3) is 5.91 Å². The van der Waals surface area contributed by atoms with E-state index in [1.54, 1.807) is 7.11 Å². The first-order chi connectivity index (χ1) is 12.1. The maximum Gasteiger partial charge on any atom is 0.251 e. The van der Waals surface area contributed by atoms with Crippen LogP contribution in [0.5, 0.6) is 0 Å². The summed E-state index contributed by atoms with van der Waals surface area (Å²) in [5.74, 6) is 0.598. The van der Waals surface area contributed by atoms with Crippen molar-refractivity contribution < 1.29 is 14.3 Å². The average Bonchev–Trinajstić information content (AvgIpc) is 2.61. The van der Waals surface area contributed by atoms with E-state index in [4.69, 9.17) is 4.74 Å². The zero-order valence-corrected chi connectivity index (χ0v) is 15.1. The Morgan fingerprint density at radius 3 is 2.92 bits per heavy atom. The Balaban J connectivity index is 1.47. The lowest BCUT2D eigenvalue weighted by Gasteiger charge is -2.41. The third-order valence-electron chi connectivity index (χ3n) is 5.62. The topological polar surface area (TPSA) is 67.4 Å². The highest BCUT2D eigenvalue weighted by molar-refractivity contribution is 5.94. The van der Waals surface area contributed by atoms with Gasteiger partial charge in [-0.2, -0.15) is 0 Å². The average molecular weight is 344 g/mol. The van der Waals surface area contributed by atoms with E-state index in [1.807, 2.05) is 31.2 Å². The van der Waals surface area contributed by atoms with Gasteiger partial charge in [0.15, 0.2) is 0 Å². The molecule has 1 aromatic rings. The van der Waals surface area contributed by atoms with Crippen molar-refractivity contribution in [2.45, 2.75) is 51.2 Å². The Bertz CT molecular complexity index is 631. The van der Waals surface area contributed by atoms with Gasteiger partial charge in [0.2, 0.25) is 5.91 Å². The number of fused-ring (bicyclic) bond motifs is 1. The fraction of sp³-hybridized carbons (Fsp3) is 0.600. The van der Waals surface area contributed by atoms with E-state index in [0.29, 0.717) is 24.4 Å². The summed E-state index contributed by atoms with van der Waals surface area (Å²) in [6.45, 7) is 2.50. The number of aryl methyl sites for hydroxylation is 1. The second kappa shape index (κ2) is 8.00. The molecular formula is C20H28N2O3. The molecule has 0 radical (unpaired) electrons. The van der Waals surface area contributed by atoms with Gasteiger partial charge in [0.05, 0.1) is 6.10 Å². The van der Waals surface area contributed by atoms with Crippen molar-refractivity contribution in [3.05, 3.63) is 35.4 Å². The van der Waals surface area contributed by atoms with E-state index in [0.717, 1.165) is 31.2 Å². The quantitative estimate of drug-likeness (QED) is 0.862. The summed E-state index contributed by atoms with van der Waals surface area (Å²) in [7, 11) is 1.75. The first-order valence-electron chi connectivity index (χ1n) is 9.25. The van der Waals surface area contributed by atoms with Crippen LogP contribution in [0.3, 0.4) is 0 Å². The molecule has 1 aromatic carbocycles. The van der Waals surface area contributed by atoms with Crippen LogP contribution in [0.1, 0.15) is 48.0 Å². The maximum absolute atomic E-state index is 12.4. The van der Waals surface area contributed by atoms with Gasteiger partial charge in [-0.05, 0) is 57.1 Å². The van der Waals surface area contributed by atoms with Gasteiger partial charge in [-0.1, -0.05) is 17.7 Å². The van der Waals surface area contributed by atoms with Crippen molar-refractivity contribution >= 4 is 11.8 Å². The molecule has 0 spiro atoms. The van der Waals surface area contributed by atoms with Crippen LogP contribution in [0.15, 0.2) is 24.3 Å². The van der Waals surface area contributed by atoms with E-state index in [2.05, 4.69) is 10.6 Å². The van der Waals surface area contributed by atoms with Gasteiger partial charge in [-0.3, -0.25) is 9.59 Å². The Labute approximate surface area is 149 Å². The molecule has 2 N–H and O–H groups in total. The highest BCUT2D eigenvalue weighted by Crippen LogP contribution is 2.35. The molecule has 1 saturated carbocycles. The van der Waals surface area contributed by atoms with Crippen molar-refractivity contribution in [2.75, 3.05) is 13.7 Å². The molecule has 0 bridgehead atoms. The van der Waals surface area contributed by atoms with Gasteiger partial charge in [-0.25, -0.2) is 0 Å². The van der Waals surface area contributed by atoms with E-state index in [9.17, 15) is 9.59 Å². The molecule has 136 valence electrons. The second-order valence-corrected chi connectivity index (χ2v) is 7.39. The molecule has 2 aliphatic rings. The number of amides is 2. The molecule has 2 fully saturated rings. The number of hydrogen-bond acceptors (Lipinski definition) is 3. The summed E-state index contributed by atoms with van der Waals surface area (Å²) < 4.78 is 5.45. The Morgan fingerprint density at radius 2 is 2.16 bits per heavy atom. The zero-order chi connectivity index (χ0) is 17.8. The van der Waals surface area contributed by atoms with Crippen LogP contribution in [0.25, 0.3) is 0 Å². The summed E-state index contributed by atoms with van der Waals surface area (Å²) in [6.07, 6.45) is 4.99. The van der Waals surface area contributed by atoms with Crippen molar-refractivity contribution in [3.63, 3.8) is 0 Å². The fourth-order valence-electron chi connectivity index (χ4n) is 4.14. The molecular weight excluding hydrogens is 316 g/mol. The lowest BCUT2D eigenvalue weighted by Crippen LogP contribution is -2.53.